The molecule has 1 N–H and O–H groups in total. The van der Waals surface area contributed by atoms with Crippen LogP contribution in [0.4, 0.5) is 4.79 Å². The summed E-state index contributed by atoms with van der Waals surface area (Å²) < 4.78 is 16.8. The quantitative estimate of drug-likeness (QED) is 0.639. The van der Waals surface area contributed by atoms with Crippen molar-refractivity contribution in [2.24, 2.45) is 0 Å². The molecule has 0 spiro atoms. The third-order valence-corrected chi connectivity index (χ3v) is 5.18. The monoisotopic (exact) mass is 361 g/mol. The predicted molar refractivity (Wildman–Crippen MR) is 99.1 cm³/mol. The summed E-state index contributed by atoms with van der Waals surface area (Å²) in [5.41, 5.74) is 1.86. The van der Waals surface area contributed by atoms with E-state index in [4.69, 9.17) is 13.8 Å². The lowest BCUT2D eigenvalue weighted by atomic mass is 10.2. The summed E-state index contributed by atoms with van der Waals surface area (Å²) in [6.07, 6.45) is -0.496. The van der Waals surface area contributed by atoms with E-state index in [2.05, 4.69) is 5.32 Å². The van der Waals surface area contributed by atoms with Crippen LogP contribution in [0.2, 0.25) is 0 Å². The molecule has 1 atom stereocenters. The minimum absolute atomic E-state index is 0.218. The number of hydrogen-bond acceptors (Lipinski definition) is 4. The molecule has 0 heterocycles. The van der Waals surface area contributed by atoms with E-state index >= 15 is 0 Å². The Hall–Kier alpha value is -1.94. The van der Waals surface area contributed by atoms with Gasteiger partial charge < -0.3 is 19.1 Å². The van der Waals surface area contributed by atoms with Gasteiger partial charge in [-0.3, -0.25) is 0 Å². The highest BCUT2D eigenvalue weighted by atomic mass is 31.2. The van der Waals surface area contributed by atoms with Crippen LogP contribution in [0.3, 0.4) is 0 Å². The third kappa shape index (κ3) is 6.46. The van der Waals surface area contributed by atoms with Gasteiger partial charge in [-0.1, -0.05) is 60.7 Å². The zero-order chi connectivity index (χ0) is 17.9. The fraction of sp³-hybridized carbons (Fsp3) is 0.316. The molecule has 0 fully saturated rings. The summed E-state index contributed by atoms with van der Waals surface area (Å²) in [7, 11) is -1.31. The number of ether oxygens (including phenoxy) is 1. The van der Waals surface area contributed by atoms with Crippen LogP contribution in [0.15, 0.2) is 60.7 Å². The second kappa shape index (κ2) is 10.8. The number of carbonyl (C=O) groups excluding carboxylic acids is 1. The highest BCUT2D eigenvalue weighted by molar-refractivity contribution is 7.47. The van der Waals surface area contributed by atoms with Gasteiger partial charge in [0.25, 0.3) is 0 Å². The number of benzene rings is 2. The SMILES string of the molecule is CCOP(OCC)C(NC(=O)OCc1ccccc1)c1ccccc1. The summed E-state index contributed by atoms with van der Waals surface area (Å²) >= 11 is 0. The molecule has 5 nitrogen and oxygen atoms in total. The van der Waals surface area contributed by atoms with E-state index < -0.39 is 14.5 Å². The van der Waals surface area contributed by atoms with Gasteiger partial charge in [-0.05, 0) is 25.0 Å². The molecule has 0 bridgehead atoms. The van der Waals surface area contributed by atoms with Gasteiger partial charge in [-0.25, -0.2) is 4.79 Å². The smallest absolute Gasteiger partial charge is 0.408 e. The number of hydrogen-bond donors (Lipinski definition) is 1. The summed E-state index contributed by atoms with van der Waals surface area (Å²) in [5.74, 6) is -0.389. The van der Waals surface area contributed by atoms with Gasteiger partial charge in [0.15, 0.2) is 8.38 Å². The molecule has 0 aliphatic carbocycles. The summed E-state index contributed by atoms with van der Waals surface area (Å²) in [6.45, 7) is 5.05. The molecular weight excluding hydrogens is 337 g/mol. The normalized spacial score (nSPS) is 12.0. The van der Waals surface area contributed by atoms with E-state index in [9.17, 15) is 4.79 Å². The van der Waals surface area contributed by atoms with Crippen molar-refractivity contribution >= 4 is 14.5 Å². The molecule has 2 rings (SSSR count). The Morgan fingerprint density at radius 3 is 2.08 bits per heavy atom. The standard InChI is InChI=1S/C19H24NO4P/c1-3-23-25(24-4-2)18(17-13-9-6-10-14-17)20-19(21)22-15-16-11-7-5-8-12-16/h5-14,18H,3-4,15H2,1-2H3,(H,20,21). The van der Waals surface area contributed by atoms with Crippen molar-refractivity contribution in [2.75, 3.05) is 13.2 Å². The number of rotatable bonds is 9. The van der Waals surface area contributed by atoms with Crippen LogP contribution in [0.5, 0.6) is 0 Å². The lowest BCUT2D eigenvalue weighted by Gasteiger charge is -2.26. The molecule has 0 saturated heterocycles. The Morgan fingerprint density at radius 2 is 1.52 bits per heavy atom. The molecule has 1 amide bonds. The van der Waals surface area contributed by atoms with Crippen molar-refractivity contribution in [1.29, 1.82) is 0 Å². The Morgan fingerprint density at radius 1 is 0.960 bits per heavy atom. The molecule has 134 valence electrons. The second-order valence-corrected chi connectivity index (χ2v) is 6.74. The Bertz CT molecular complexity index is 618. The van der Waals surface area contributed by atoms with E-state index in [1.807, 2.05) is 74.5 Å². The molecule has 0 aromatic heterocycles. The third-order valence-electron chi connectivity index (χ3n) is 3.31. The van der Waals surface area contributed by atoms with Crippen molar-refractivity contribution in [3.8, 4) is 0 Å². The maximum absolute atomic E-state index is 12.3. The van der Waals surface area contributed by atoms with Gasteiger partial charge >= 0.3 is 6.09 Å². The first-order chi connectivity index (χ1) is 12.2. The molecule has 0 radical (unpaired) electrons. The first-order valence-electron chi connectivity index (χ1n) is 8.31. The van der Waals surface area contributed by atoms with Crippen LogP contribution in [0.25, 0.3) is 0 Å². The van der Waals surface area contributed by atoms with Crippen LogP contribution >= 0.6 is 8.38 Å². The van der Waals surface area contributed by atoms with Gasteiger partial charge in [-0.2, -0.15) is 0 Å². The van der Waals surface area contributed by atoms with Crippen LogP contribution in [-0.4, -0.2) is 19.3 Å². The van der Waals surface area contributed by atoms with E-state index in [-0.39, 0.29) is 12.4 Å². The van der Waals surface area contributed by atoms with Crippen LogP contribution in [0, 0.1) is 0 Å². The zero-order valence-electron chi connectivity index (χ0n) is 14.6. The molecule has 1 unspecified atom stereocenters. The first kappa shape index (κ1) is 19.4. The fourth-order valence-corrected chi connectivity index (χ4v) is 3.72. The van der Waals surface area contributed by atoms with Crippen molar-refractivity contribution in [3.63, 3.8) is 0 Å². The molecular formula is C19H24NO4P. The molecule has 6 heteroatoms. The number of amides is 1. The zero-order valence-corrected chi connectivity index (χ0v) is 15.4. The first-order valence-corrected chi connectivity index (χ1v) is 9.56. The Labute approximate surface area is 150 Å². The highest BCUT2D eigenvalue weighted by Crippen LogP contribution is 2.51. The molecule has 0 aliphatic rings. The number of carbonyl (C=O) groups is 1. The molecule has 25 heavy (non-hydrogen) atoms. The average molecular weight is 361 g/mol. The molecule has 0 aliphatic heterocycles. The van der Waals surface area contributed by atoms with Crippen molar-refractivity contribution in [2.45, 2.75) is 26.2 Å². The van der Waals surface area contributed by atoms with Crippen LogP contribution < -0.4 is 5.32 Å². The van der Waals surface area contributed by atoms with Crippen molar-refractivity contribution in [3.05, 3.63) is 71.8 Å². The van der Waals surface area contributed by atoms with Gasteiger partial charge in [0.05, 0.1) is 13.2 Å². The van der Waals surface area contributed by atoms with Crippen LogP contribution in [-0.2, 0) is 20.4 Å². The average Bonchev–Trinajstić information content (AvgIpc) is 2.66. The minimum atomic E-state index is -1.31. The molecule has 2 aromatic carbocycles. The lowest BCUT2D eigenvalue weighted by molar-refractivity contribution is 0.137. The molecule has 2 aromatic rings. The van der Waals surface area contributed by atoms with Crippen LogP contribution in [0.1, 0.15) is 30.8 Å². The fourth-order valence-electron chi connectivity index (χ4n) is 2.21. The summed E-state index contributed by atoms with van der Waals surface area (Å²) in [6, 6.07) is 19.2. The second-order valence-electron chi connectivity index (χ2n) is 5.14. The Balaban J connectivity index is 2.05. The predicted octanol–water partition coefficient (Wildman–Crippen LogP) is 5.00. The van der Waals surface area contributed by atoms with E-state index in [0.29, 0.717) is 13.2 Å². The molecule has 0 saturated carbocycles. The Kier molecular flexibility index (Phi) is 8.40. The van der Waals surface area contributed by atoms with E-state index in [1.54, 1.807) is 0 Å². The maximum Gasteiger partial charge on any atom is 0.408 e. The van der Waals surface area contributed by atoms with Gasteiger partial charge in [0, 0.05) is 0 Å². The van der Waals surface area contributed by atoms with E-state index in [1.165, 1.54) is 0 Å². The van der Waals surface area contributed by atoms with Crippen molar-refractivity contribution < 1.29 is 18.6 Å². The largest absolute Gasteiger partial charge is 0.445 e. The van der Waals surface area contributed by atoms with Gasteiger partial charge in [0.1, 0.15) is 12.4 Å². The minimum Gasteiger partial charge on any atom is -0.445 e. The summed E-state index contributed by atoms with van der Waals surface area (Å²) in [4.78, 5) is 12.3. The maximum atomic E-state index is 12.3. The van der Waals surface area contributed by atoms with Crippen molar-refractivity contribution in [1.82, 2.24) is 5.32 Å². The number of nitrogens with one attached hydrogen (secondary N) is 1. The number of alkyl carbamates (subject to hydrolysis) is 1. The lowest BCUT2D eigenvalue weighted by Crippen LogP contribution is -2.29. The summed E-state index contributed by atoms with van der Waals surface area (Å²) in [5, 5.41) is 2.89. The van der Waals surface area contributed by atoms with Gasteiger partial charge in [-0.15, -0.1) is 0 Å². The highest BCUT2D eigenvalue weighted by Gasteiger charge is 2.27. The van der Waals surface area contributed by atoms with Gasteiger partial charge in [0.2, 0.25) is 0 Å². The van der Waals surface area contributed by atoms with E-state index in [0.717, 1.165) is 11.1 Å². The topological polar surface area (TPSA) is 56.8 Å².